The van der Waals surface area contributed by atoms with Gasteiger partial charge in [0.2, 0.25) is 5.91 Å². The van der Waals surface area contributed by atoms with Gasteiger partial charge in [0.05, 0.1) is 11.3 Å². The summed E-state index contributed by atoms with van der Waals surface area (Å²) in [6.45, 7) is 10.2. The van der Waals surface area contributed by atoms with Gasteiger partial charge in [0.1, 0.15) is 11.6 Å². The van der Waals surface area contributed by atoms with Crippen molar-refractivity contribution in [3.05, 3.63) is 65.9 Å². The van der Waals surface area contributed by atoms with Crippen LogP contribution in [0.4, 0.5) is 22.1 Å². The van der Waals surface area contributed by atoms with Gasteiger partial charge >= 0.3 is 6.03 Å². The van der Waals surface area contributed by atoms with Crippen molar-refractivity contribution in [2.45, 2.75) is 46.6 Å². The maximum atomic E-state index is 12.9. The summed E-state index contributed by atoms with van der Waals surface area (Å²) in [5.74, 6) is 0.644. The van der Waals surface area contributed by atoms with E-state index in [9.17, 15) is 14.4 Å². The standard InChI is InChI=1S/C32H42N8O3/c1-4-33-29-26(31(42)34-16-19-40-17-6-5-7-18-40)13-14-27(38-29)24-9-11-25(12-10-24)37-32(43)36-21-23-8-15-28(35-20-23)39-30(41)22(2)3/h8-15,20,22H,4-7,16-19,21H2,1-3H3,(H,33,38)(H,34,42)(H,35,39,41)(H2,36,37,43). The number of amides is 4. The number of rotatable bonds is 12. The molecule has 3 aromatic rings. The third-order valence-electron chi connectivity index (χ3n) is 7.14. The van der Waals surface area contributed by atoms with E-state index in [0.29, 0.717) is 36.0 Å². The summed E-state index contributed by atoms with van der Waals surface area (Å²) in [5, 5.41) is 14.6. The lowest BCUT2D eigenvalue weighted by atomic mass is 10.1. The fourth-order valence-corrected chi connectivity index (χ4v) is 4.67. The van der Waals surface area contributed by atoms with E-state index in [2.05, 4.69) is 36.5 Å². The molecule has 0 unspecified atom stereocenters. The number of aromatic nitrogens is 2. The summed E-state index contributed by atoms with van der Waals surface area (Å²) < 4.78 is 0. The normalized spacial score (nSPS) is 13.3. The molecule has 3 heterocycles. The second kappa shape index (κ2) is 15.6. The number of carbonyl (C=O) groups is 3. The van der Waals surface area contributed by atoms with Crippen LogP contribution in [0.25, 0.3) is 11.3 Å². The molecule has 4 amide bonds. The van der Waals surface area contributed by atoms with Gasteiger partial charge in [-0.25, -0.2) is 14.8 Å². The van der Waals surface area contributed by atoms with Crippen molar-refractivity contribution in [2.24, 2.45) is 5.92 Å². The SMILES string of the molecule is CCNc1nc(-c2ccc(NC(=O)NCc3ccc(NC(=O)C(C)C)nc3)cc2)ccc1C(=O)NCCN1CCCCC1. The van der Waals surface area contributed by atoms with Crippen LogP contribution in [0.5, 0.6) is 0 Å². The van der Waals surface area contributed by atoms with Gasteiger partial charge in [0, 0.05) is 49.5 Å². The Morgan fingerprint density at radius 1 is 0.907 bits per heavy atom. The molecule has 0 atom stereocenters. The van der Waals surface area contributed by atoms with E-state index >= 15 is 0 Å². The Labute approximate surface area is 253 Å². The second-order valence-electron chi connectivity index (χ2n) is 10.9. The zero-order valence-corrected chi connectivity index (χ0v) is 25.2. The molecule has 0 spiro atoms. The Kier molecular flexibility index (Phi) is 11.4. The highest BCUT2D eigenvalue weighted by Gasteiger charge is 2.16. The van der Waals surface area contributed by atoms with Crippen molar-refractivity contribution >= 4 is 35.2 Å². The summed E-state index contributed by atoms with van der Waals surface area (Å²) in [6.07, 6.45) is 5.36. The monoisotopic (exact) mass is 586 g/mol. The highest BCUT2D eigenvalue weighted by atomic mass is 16.2. The highest BCUT2D eigenvalue weighted by molar-refractivity contribution is 5.99. The number of nitrogens with one attached hydrogen (secondary N) is 5. The van der Waals surface area contributed by atoms with Gasteiger partial charge in [-0.15, -0.1) is 0 Å². The number of carbonyl (C=O) groups excluding carboxylic acids is 3. The van der Waals surface area contributed by atoms with E-state index in [1.165, 1.54) is 19.3 Å². The molecule has 1 saturated heterocycles. The molecule has 1 fully saturated rings. The summed E-state index contributed by atoms with van der Waals surface area (Å²) in [6, 6.07) is 14.2. The first-order valence-electron chi connectivity index (χ1n) is 15.0. The summed E-state index contributed by atoms with van der Waals surface area (Å²) >= 11 is 0. The van der Waals surface area contributed by atoms with Crippen molar-refractivity contribution in [3.8, 4) is 11.3 Å². The van der Waals surface area contributed by atoms with Gasteiger partial charge in [-0.3, -0.25) is 9.59 Å². The molecule has 4 rings (SSSR count). The number of hydrogen-bond donors (Lipinski definition) is 5. The number of benzene rings is 1. The van der Waals surface area contributed by atoms with E-state index in [0.717, 1.165) is 36.5 Å². The van der Waals surface area contributed by atoms with Crippen LogP contribution in [-0.4, -0.2) is 65.4 Å². The Morgan fingerprint density at radius 2 is 1.67 bits per heavy atom. The number of likely N-dealkylation sites (tertiary alicyclic amines) is 1. The lowest BCUT2D eigenvalue weighted by Gasteiger charge is -2.26. The zero-order chi connectivity index (χ0) is 30.6. The molecule has 1 aliphatic heterocycles. The van der Waals surface area contributed by atoms with Gasteiger partial charge < -0.3 is 31.5 Å². The first-order chi connectivity index (χ1) is 20.8. The second-order valence-corrected chi connectivity index (χ2v) is 10.9. The van der Waals surface area contributed by atoms with Gasteiger partial charge in [-0.05, 0) is 68.8 Å². The third-order valence-corrected chi connectivity index (χ3v) is 7.14. The molecule has 0 radical (unpaired) electrons. The van der Waals surface area contributed by atoms with Crippen molar-refractivity contribution < 1.29 is 14.4 Å². The first-order valence-corrected chi connectivity index (χ1v) is 15.0. The van der Waals surface area contributed by atoms with Crippen LogP contribution >= 0.6 is 0 Å². The van der Waals surface area contributed by atoms with E-state index in [-0.39, 0.29) is 30.3 Å². The largest absolute Gasteiger partial charge is 0.370 e. The Morgan fingerprint density at radius 3 is 2.35 bits per heavy atom. The van der Waals surface area contributed by atoms with Crippen LogP contribution in [0.2, 0.25) is 0 Å². The van der Waals surface area contributed by atoms with Crippen molar-refractivity contribution in [1.29, 1.82) is 0 Å². The fraction of sp³-hybridized carbons (Fsp3) is 0.406. The number of anilines is 3. The molecule has 0 bridgehead atoms. The predicted molar refractivity (Wildman–Crippen MR) is 170 cm³/mol. The minimum atomic E-state index is -0.354. The van der Waals surface area contributed by atoms with Crippen molar-refractivity contribution in [2.75, 3.05) is 48.7 Å². The summed E-state index contributed by atoms with van der Waals surface area (Å²) in [4.78, 5) is 48.5. The summed E-state index contributed by atoms with van der Waals surface area (Å²) in [7, 11) is 0. The van der Waals surface area contributed by atoms with Gasteiger partial charge in [0.25, 0.3) is 5.91 Å². The molecule has 2 aromatic heterocycles. The maximum Gasteiger partial charge on any atom is 0.319 e. The Balaban J connectivity index is 1.29. The topological polar surface area (TPSA) is 140 Å². The quantitative estimate of drug-likeness (QED) is 0.207. The molecule has 5 N–H and O–H groups in total. The lowest BCUT2D eigenvalue weighted by molar-refractivity contribution is -0.118. The van der Waals surface area contributed by atoms with Crippen LogP contribution < -0.4 is 26.6 Å². The predicted octanol–water partition coefficient (Wildman–Crippen LogP) is 4.71. The molecular weight excluding hydrogens is 544 g/mol. The van der Waals surface area contributed by atoms with E-state index in [4.69, 9.17) is 4.98 Å². The highest BCUT2D eigenvalue weighted by Crippen LogP contribution is 2.24. The molecule has 1 aromatic carbocycles. The fourth-order valence-electron chi connectivity index (χ4n) is 4.67. The third kappa shape index (κ3) is 9.50. The molecular formula is C32H42N8O3. The van der Waals surface area contributed by atoms with Gasteiger partial charge in [-0.2, -0.15) is 0 Å². The van der Waals surface area contributed by atoms with Crippen molar-refractivity contribution in [3.63, 3.8) is 0 Å². The Hall–Kier alpha value is -4.51. The molecule has 43 heavy (non-hydrogen) atoms. The molecule has 0 aliphatic carbocycles. The minimum Gasteiger partial charge on any atom is -0.370 e. The average Bonchev–Trinajstić information content (AvgIpc) is 3.01. The smallest absolute Gasteiger partial charge is 0.319 e. The van der Waals surface area contributed by atoms with Crippen LogP contribution in [0.3, 0.4) is 0 Å². The molecule has 1 aliphatic rings. The van der Waals surface area contributed by atoms with Crippen LogP contribution in [0.1, 0.15) is 56.0 Å². The van der Waals surface area contributed by atoms with E-state index in [1.54, 1.807) is 36.5 Å². The maximum absolute atomic E-state index is 12.9. The Bertz CT molecular complexity index is 1370. The van der Waals surface area contributed by atoms with Crippen LogP contribution in [0.15, 0.2) is 54.7 Å². The lowest BCUT2D eigenvalue weighted by Crippen LogP contribution is -2.37. The average molecular weight is 587 g/mol. The van der Waals surface area contributed by atoms with Crippen molar-refractivity contribution in [1.82, 2.24) is 25.5 Å². The molecule has 0 saturated carbocycles. The van der Waals surface area contributed by atoms with Crippen LogP contribution in [0, 0.1) is 5.92 Å². The number of nitrogens with zero attached hydrogens (tertiary/aromatic N) is 3. The molecule has 11 nitrogen and oxygen atoms in total. The number of hydrogen-bond acceptors (Lipinski definition) is 7. The van der Waals surface area contributed by atoms with Crippen LogP contribution in [-0.2, 0) is 11.3 Å². The summed E-state index contributed by atoms with van der Waals surface area (Å²) in [5.41, 5.74) is 3.53. The van der Waals surface area contributed by atoms with Gasteiger partial charge in [-0.1, -0.05) is 38.5 Å². The van der Waals surface area contributed by atoms with Gasteiger partial charge in [0.15, 0.2) is 0 Å². The minimum absolute atomic E-state index is 0.101. The molecule has 228 valence electrons. The first kappa shape index (κ1) is 31.4. The number of pyridine rings is 2. The number of urea groups is 1. The molecule has 11 heteroatoms. The van der Waals surface area contributed by atoms with E-state index in [1.807, 2.05) is 39.0 Å². The number of piperidine rings is 1. The van der Waals surface area contributed by atoms with E-state index < -0.39 is 0 Å². The zero-order valence-electron chi connectivity index (χ0n) is 25.2.